The molecular formula is C20H18N2O3S. The summed E-state index contributed by atoms with van der Waals surface area (Å²) in [6, 6.07) is 13.1. The number of amides is 1. The van der Waals surface area contributed by atoms with E-state index in [1.807, 2.05) is 47.0 Å². The summed E-state index contributed by atoms with van der Waals surface area (Å²) in [5, 5.41) is 0. The number of fused-ring (bicyclic) bond motifs is 1. The summed E-state index contributed by atoms with van der Waals surface area (Å²) >= 11 is 1.42. The Bertz CT molecular complexity index is 1040. The van der Waals surface area contributed by atoms with Crippen LogP contribution in [0.3, 0.4) is 0 Å². The molecule has 1 heterocycles. The van der Waals surface area contributed by atoms with Crippen molar-refractivity contribution in [2.75, 3.05) is 14.2 Å². The van der Waals surface area contributed by atoms with Crippen LogP contribution >= 0.6 is 11.3 Å². The number of methoxy groups -OCH3 is 2. The van der Waals surface area contributed by atoms with Crippen LogP contribution in [0.15, 0.2) is 47.5 Å². The maximum absolute atomic E-state index is 12.4. The number of ether oxygens (including phenoxy) is 2. The number of carbonyl (C=O) groups is 1. The predicted octanol–water partition coefficient (Wildman–Crippen LogP) is 3.02. The Hall–Kier alpha value is -3.04. The highest BCUT2D eigenvalue weighted by Crippen LogP contribution is 2.23. The third-order valence-corrected chi connectivity index (χ3v) is 4.92. The highest BCUT2D eigenvalue weighted by Gasteiger charge is 2.09. The van der Waals surface area contributed by atoms with Crippen LogP contribution in [-0.2, 0) is 17.8 Å². The van der Waals surface area contributed by atoms with Gasteiger partial charge in [0.15, 0.2) is 4.80 Å². The number of benzene rings is 2. The van der Waals surface area contributed by atoms with Crippen molar-refractivity contribution in [3.63, 3.8) is 0 Å². The minimum atomic E-state index is -0.223. The molecule has 6 heteroatoms. The Morgan fingerprint density at radius 3 is 2.50 bits per heavy atom. The van der Waals surface area contributed by atoms with Gasteiger partial charge in [-0.2, -0.15) is 4.99 Å². The molecule has 0 fully saturated rings. The van der Waals surface area contributed by atoms with Crippen molar-refractivity contribution in [3.8, 4) is 23.8 Å². The van der Waals surface area contributed by atoms with Crippen LogP contribution in [0.1, 0.15) is 5.56 Å². The highest BCUT2D eigenvalue weighted by molar-refractivity contribution is 7.16. The summed E-state index contributed by atoms with van der Waals surface area (Å²) in [6.07, 6.45) is 5.71. The fraction of sp³-hybridized carbons (Fsp3) is 0.200. The van der Waals surface area contributed by atoms with Crippen molar-refractivity contribution in [1.82, 2.24) is 4.57 Å². The number of nitrogens with zero attached hydrogens (tertiary/aromatic N) is 2. The van der Waals surface area contributed by atoms with Crippen LogP contribution in [0.5, 0.6) is 11.5 Å². The molecule has 0 atom stereocenters. The predicted molar refractivity (Wildman–Crippen MR) is 102 cm³/mol. The lowest BCUT2D eigenvalue weighted by atomic mass is 10.1. The minimum absolute atomic E-state index is 0.220. The lowest BCUT2D eigenvalue weighted by Gasteiger charge is -2.02. The van der Waals surface area contributed by atoms with Crippen LogP contribution in [0.4, 0.5) is 0 Å². The van der Waals surface area contributed by atoms with E-state index in [0.717, 1.165) is 27.3 Å². The average Bonchev–Trinajstić information content (AvgIpc) is 2.98. The van der Waals surface area contributed by atoms with E-state index < -0.39 is 0 Å². The van der Waals surface area contributed by atoms with Crippen molar-refractivity contribution in [2.45, 2.75) is 13.0 Å². The number of hydrogen-bond acceptors (Lipinski definition) is 4. The Balaban J connectivity index is 1.95. The third-order valence-electron chi connectivity index (χ3n) is 3.87. The molecule has 0 saturated heterocycles. The quantitative estimate of drug-likeness (QED) is 0.652. The largest absolute Gasteiger partial charge is 0.497 e. The molecule has 0 saturated carbocycles. The SMILES string of the molecule is C#CCn1c(=NC(=O)Cc2ccc(OC)cc2)sc2cc(OC)ccc21. The highest BCUT2D eigenvalue weighted by atomic mass is 32.1. The van der Waals surface area contributed by atoms with E-state index in [1.165, 1.54) is 11.3 Å². The number of rotatable bonds is 5. The van der Waals surface area contributed by atoms with Gasteiger partial charge in [0.2, 0.25) is 0 Å². The molecule has 0 aliphatic rings. The number of carbonyl (C=O) groups excluding carboxylic acids is 1. The van der Waals surface area contributed by atoms with E-state index in [-0.39, 0.29) is 12.3 Å². The van der Waals surface area contributed by atoms with Crippen molar-refractivity contribution in [1.29, 1.82) is 0 Å². The molecule has 0 aliphatic heterocycles. The summed E-state index contributed by atoms with van der Waals surface area (Å²) in [5.41, 5.74) is 1.82. The second-order valence-electron chi connectivity index (χ2n) is 5.54. The van der Waals surface area contributed by atoms with Gasteiger partial charge in [-0.1, -0.05) is 29.4 Å². The van der Waals surface area contributed by atoms with Crippen molar-refractivity contribution < 1.29 is 14.3 Å². The molecule has 1 amide bonds. The summed E-state index contributed by atoms with van der Waals surface area (Å²) in [7, 11) is 3.23. The second kappa shape index (κ2) is 7.89. The second-order valence-corrected chi connectivity index (χ2v) is 6.55. The minimum Gasteiger partial charge on any atom is -0.497 e. The zero-order chi connectivity index (χ0) is 18.5. The first-order valence-electron chi connectivity index (χ1n) is 7.96. The molecule has 3 aromatic rings. The summed E-state index contributed by atoms with van der Waals surface area (Å²) in [6.45, 7) is 0.348. The van der Waals surface area contributed by atoms with Gasteiger partial charge in [-0.15, -0.1) is 6.42 Å². The maximum atomic E-state index is 12.4. The Kier molecular flexibility index (Phi) is 5.40. The van der Waals surface area contributed by atoms with Crippen molar-refractivity contribution in [3.05, 3.63) is 52.8 Å². The van der Waals surface area contributed by atoms with Gasteiger partial charge in [0.1, 0.15) is 11.5 Å². The van der Waals surface area contributed by atoms with Gasteiger partial charge in [-0.05, 0) is 35.9 Å². The van der Waals surface area contributed by atoms with Crippen LogP contribution in [0.2, 0.25) is 0 Å². The maximum Gasteiger partial charge on any atom is 0.252 e. The number of aromatic nitrogens is 1. The Labute approximate surface area is 155 Å². The van der Waals surface area contributed by atoms with Crippen LogP contribution in [-0.4, -0.2) is 24.7 Å². The molecule has 0 N–H and O–H groups in total. The summed E-state index contributed by atoms with van der Waals surface area (Å²) in [5.74, 6) is 3.90. The first kappa shape index (κ1) is 17.8. The summed E-state index contributed by atoms with van der Waals surface area (Å²) < 4.78 is 13.2. The molecule has 2 aromatic carbocycles. The first-order valence-corrected chi connectivity index (χ1v) is 8.77. The van der Waals surface area contributed by atoms with Gasteiger partial charge in [0.25, 0.3) is 5.91 Å². The molecule has 0 spiro atoms. The number of thiazole rings is 1. The number of hydrogen-bond donors (Lipinski definition) is 0. The van der Waals surface area contributed by atoms with Gasteiger partial charge in [-0.3, -0.25) is 4.79 Å². The van der Waals surface area contributed by atoms with Gasteiger partial charge in [-0.25, -0.2) is 0 Å². The standard InChI is InChI=1S/C20H18N2O3S/c1-4-11-22-17-10-9-16(25-3)13-18(17)26-20(22)21-19(23)12-14-5-7-15(24-2)8-6-14/h1,5-10,13H,11-12H2,2-3H3. The van der Waals surface area contributed by atoms with Gasteiger partial charge >= 0.3 is 0 Å². The van der Waals surface area contributed by atoms with Crippen molar-refractivity contribution >= 4 is 27.5 Å². The molecular weight excluding hydrogens is 348 g/mol. The third kappa shape index (κ3) is 3.79. The van der Waals surface area contributed by atoms with Gasteiger partial charge in [0, 0.05) is 0 Å². The molecule has 0 radical (unpaired) electrons. The topological polar surface area (TPSA) is 52.8 Å². The fourth-order valence-corrected chi connectivity index (χ4v) is 3.65. The van der Waals surface area contributed by atoms with E-state index in [0.29, 0.717) is 11.3 Å². The Morgan fingerprint density at radius 1 is 1.15 bits per heavy atom. The van der Waals surface area contributed by atoms with Crippen LogP contribution in [0, 0.1) is 12.3 Å². The fourth-order valence-electron chi connectivity index (χ4n) is 2.57. The van der Waals surface area contributed by atoms with E-state index in [9.17, 15) is 4.79 Å². The average molecular weight is 366 g/mol. The zero-order valence-corrected chi connectivity index (χ0v) is 15.4. The molecule has 1 aromatic heterocycles. The van der Waals surface area contributed by atoms with Crippen LogP contribution < -0.4 is 14.3 Å². The van der Waals surface area contributed by atoms with Crippen molar-refractivity contribution in [2.24, 2.45) is 4.99 Å². The van der Waals surface area contributed by atoms with E-state index >= 15 is 0 Å². The zero-order valence-electron chi connectivity index (χ0n) is 14.6. The van der Waals surface area contributed by atoms with Gasteiger partial charge < -0.3 is 14.0 Å². The molecule has 132 valence electrons. The molecule has 3 rings (SSSR count). The summed E-state index contributed by atoms with van der Waals surface area (Å²) in [4.78, 5) is 17.3. The van der Waals surface area contributed by atoms with Crippen LogP contribution in [0.25, 0.3) is 10.2 Å². The monoisotopic (exact) mass is 366 g/mol. The van der Waals surface area contributed by atoms with E-state index in [2.05, 4.69) is 10.9 Å². The van der Waals surface area contributed by atoms with E-state index in [1.54, 1.807) is 14.2 Å². The van der Waals surface area contributed by atoms with Gasteiger partial charge in [0.05, 0.1) is 37.4 Å². The lowest BCUT2D eigenvalue weighted by molar-refractivity contribution is -0.117. The molecule has 0 aliphatic carbocycles. The smallest absolute Gasteiger partial charge is 0.252 e. The Morgan fingerprint density at radius 2 is 1.85 bits per heavy atom. The molecule has 5 nitrogen and oxygen atoms in total. The molecule has 0 unspecified atom stereocenters. The first-order chi connectivity index (χ1) is 12.6. The van der Waals surface area contributed by atoms with E-state index in [4.69, 9.17) is 15.9 Å². The normalized spacial score (nSPS) is 11.3. The lowest BCUT2D eigenvalue weighted by Crippen LogP contribution is -2.17. The molecule has 0 bridgehead atoms. The number of terminal acetylenes is 1. The molecule has 26 heavy (non-hydrogen) atoms.